The molecule has 4 rings (SSSR count). The number of nitrogens with zero attached hydrogens (tertiary/aromatic N) is 1. The van der Waals surface area contributed by atoms with Crippen LogP contribution in [0.1, 0.15) is 18.1 Å². The third kappa shape index (κ3) is 3.71. The second kappa shape index (κ2) is 7.92. The third-order valence-electron chi connectivity index (χ3n) is 4.37. The number of carbonyl (C=O) groups is 1. The Morgan fingerprint density at radius 3 is 2.25 bits per heavy atom. The van der Waals surface area contributed by atoms with Crippen LogP contribution >= 0.6 is 0 Å². The van der Waals surface area contributed by atoms with Crippen LogP contribution in [0.5, 0.6) is 5.75 Å². The van der Waals surface area contributed by atoms with Gasteiger partial charge in [0, 0.05) is 11.1 Å². The Kier molecular flexibility index (Phi) is 5.02. The van der Waals surface area contributed by atoms with Crippen molar-refractivity contribution in [1.29, 1.82) is 0 Å². The Balaban J connectivity index is 1.61. The van der Waals surface area contributed by atoms with Gasteiger partial charge in [-0.2, -0.15) is 0 Å². The van der Waals surface area contributed by atoms with Crippen molar-refractivity contribution >= 4 is 17.9 Å². The van der Waals surface area contributed by atoms with Crippen LogP contribution in [0.3, 0.4) is 0 Å². The van der Waals surface area contributed by atoms with Crippen molar-refractivity contribution < 1.29 is 14.3 Å². The lowest BCUT2D eigenvalue weighted by atomic mass is 10.0. The molecule has 0 spiro atoms. The van der Waals surface area contributed by atoms with Gasteiger partial charge in [0.15, 0.2) is 5.70 Å². The van der Waals surface area contributed by atoms with E-state index in [4.69, 9.17) is 9.47 Å². The zero-order chi connectivity index (χ0) is 19.3. The number of benzene rings is 3. The highest BCUT2D eigenvalue weighted by Crippen LogP contribution is 2.26. The lowest BCUT2D eigenvalue weighted by Gasteiger charge is -2.06. The molecule has 0 saturated heterocycles. The Bertz CT molecular complexity index is 1050. The first kappa shape index (κ1) is 17.7. The quantitative estimate of drug-likeness (QED) is 0.464. The fraction of sp³-hybridized carbons (Fsp3) is 0.0833. The minimum Gasteiger partial charge on any atom is -0.493 e. The normalized spacial score (nSPS) is 14.7. The van der Waals surface area contributed by atoms with Crippen LogP contribution in [-0.2, 0) is 9.53 Å². The molecule has 3 aromatic carbocycles. The van der Waals surface area contributed by atoms with Gasteiger partial charge >= 0.3 is 5.97 Å². The monoisotopic (exact) mass is 369 g/mol. The smallest absolute Gasteiger partial charge is 0.363 e. The van der Waals surface area contributed by atoms with Gasteiger partial charge in [-0.3, -0.25) is 0 Å². The number of rotatable bonds is 5. The molecule has 4 nitrogen and oxygen atoms in total. The van der Waals surface area contributed by atoms with E-state index in [0.29, 0.717) is 18.3 Å². The predicted octanol–water partition coefficient (Wildman–Crippen LogP) is 5.10. The van der Waals surface area contributed by atoms with Gasteiger partial charge in [0.05, 0.1) is 6.61 Å². The molecule has 1 aliphatic rings. The molecule has 0 aliphatic carbocycles. The highest BCUT2D eigenvalue weighted by Gasteiger charge is 2.24. The largest absolute Gasteiger partial charge is 0.493 e. The third-order valence-corrected chi connectivity index (χ3v) is 4.37. The SMILES string of the molecule is CCOc1ccccc1/C=C1\N=C(c2ccc(-c3ccccc3)cc2)OC1=O. The van der Waals surface area contributed by atoms with E-state index in [9.17, 15) is 4.79 Å². The summed E-state index contributed by atoms with van der Waals surface area (Å²) in [6.07, 6.45) is 1.69. The van der Waals surface area contributed by atoms with E-state index in [1.54, 1.807) is 6.08 Å². The molecule has 0 radical (unpaired) electrons. The molecular formula is C24H19NO3. The van der Waals surface area contributed by atoms with E-state index in [0.717, 1.165) is 22.3 Å². The van der Waals surface area contributed by atoms with E-state index in [-0.39, 0.29) is 5.70 Å². The maximum Gasteiger partial charge on any atom is 0.363 e. The standard InChI is InChI=1S/C24H19NO3/c1-2-27-22-11-7-6-10-20(22)16-21-24(26)28-23(25-21)19-14-12-18(13-15-19)17-8-4-3-5-9-17/h3-16H,2H2,1H3/b21-16-. The molecule has 0 unspecified atom stereocenters. The zero-order valence-corrected chi connectivity index (χ0v) is 15.5. The summed E-state index contributed by atoms with van der Waals surface area (Å²) < 4.78 is 11.0. The first-order chi connectivity index (χ1) is 13.7. The summed E-state index contributed by atoms with van der Waals surface area (Å²) >= 11 is 0. The highest BCUT2D eigenvalue weighted by atomic mass is 16.6. The van der Waals surface area contributed by atoms with E-state index in [2.05, 4.69) is 17.1 Å². The van der Waals surface area contributed by atoms with Gasteiger partial charge in [-0.1, -0.05) is 60.7 Å². The van der Waals surface area contributed by atoms with Gasteiger partial charge < -0.3 is 9.47 Å². The van der Waals surface area contributed by atoms with Crippen LogP contribution in [-0.4, -0.2) is 18.5 Å². The maximum atomic E-state index is 12.3. The van der Waals surface area contributed by atoms with Crippen LogP contribution in [0.25, 0.3) is 17.2 Å². The van der Waals surface area contributed by atoms with Gasteiger partial charge in [-0.05, 0) is 42.3 Å². The van der Waals surface area contributed by atoms with E-state index < -0.39 is 5.97 Å². The number of cyclic esters (lactones) is 1. The highest BCUT2D eigenvalue weighted by molar-refractivity contribution is 6.13. The van der Waals surface area contributed by atoms with E-state index in [1.807, 2.05) is 73.7 Å². The van der Waals surface area contributed by atoms with Crippen molar-refractivity contribution in [3.8, 4) is 16.9 Å². The number of para-hydroxylation sites is 1. The molecule has 0 saturated carbocycles. The Labute approximate surface area is 163 Å². The second-order valence-electron chi connectivity index (χ2n) is 6.25. The molecule has 1 aliphatic heterocycles. The van der Waals surface area contributed by atoms with Gasteiger partial charge in [-0.25, -0.2) is 9.79 Å². The molecule has 0 bridgehead atoms. The minimum atomic E-state index is -0.464. The van der Waals surface area contributed by atoms with Gasteiger partial charge in [-0.15, -0.1) is 0 Å². The lowest BCUT2D eigenvalue weighted by molar-refractivity contribution is -0.129. The molecule has 1 heterocycles. The maximum absolute atomic E-state index is 12.3. The molecule has 4 heteroatoms. The fourth-order valence-electron chi connectivity index (χ4n) is 3.00. The Morgan fingerprint density at radius 1 is 0.857 bits per heavy atom. The van der Waals surface area contributed by atoms with E-state index >= 15 is 0 Å². The van der Waals surface area contributed by atoms with Crippen molar-refractivity contribution in [1.82, 2.24) is 0 Å². The summed E-state index contributed by atoms with van der Waals surface area (Å²) in [5.41, 5.74) is 4.03. The van der Waals surface area contributed by atoms with E-state index in [1.165, 1.54) is 0 Å². The van der Waals surface area contributed by atoms with Gasteiger partial charge in [0.1, 0.15) is 5.75 Å². The van der Waals surface area contributed by atoms with Crippen LogP contribution in [0, 0.1) is 0 Å². The molecule has 3 aromatic rings. The molecule has 0 N–H and O–H groups in total. The molecule has 0 aromatic heterocycles. The molecule has 138 valence electrons. The average molecular weight is 369 g/mol. The Hall–Kier alpha value is -3.66. The summed E-state index contributed by atoms with van der Waals surface area (Å²) in [6, 6.07) is 25.4. The number of esters is 1. The summed E-state index contributed by atoms with van der Waals surface area (Å²) in [5, 5.41) is 0. The number of carbonyl (C=O) groups excluding carboxylic acids is 1. The topological polar surface area (TPSA) is 47.9 Å². The zero-order valence-electron chi connectivity index (χ0n) is 15.5. The molecule has 0 fully saturated rings. The average Bonchev–Trinajstić information content (AvgIpc) is 3.11. The summed E-state index contributed by atoms with van der Waals surface area (Å²) in [7, 11) is 0. The molecule has 28 heavy (non-hydrogen) atoms. The fourth-order valence-corrected chi connectivity index (χ4v) is 3.00. The number of ether oxygens (including phenoxy) is 2. The lowest BCUT2D eigenvalue weighted by Crippen LogP contribution is -2.05. The van der Waals surface area contributed by atoms with Crippen molar-refractivity contribution in [3.63, 3.8) is 0 Å². The summed E-state index contributed by atoms with van der Waals surface area (Å²) in [4.78, 5) is 16.7. The van der Waals surface area contributed by atoms with Gasteiger partial charge in [0.25, 0.3) is 0 Å². The van der Waals surface area contributed by atoms with Crippen molar-refractivity contribution in [2.24, 2.45) is 4.99 Å². The van der Waals surface area contributed by atoms with Crippen LogP contribution in [0.4, 0.5) is 0 Å². The molecular weight excluding hydrogens is 350 g/mol. The minimum absolute atomic E-state index is 0.259. The van der Waals surface area contributed by atoms with Crippen LogP contribution < -0.4 is 4.74 Å². The van der Waals surface area contributed by atoms with Crippen molar-refractivity contribution in [3.05, 3.63) is 95.7 Å². The number of hydrogen-bond donors (Lipinski definition) is 0. The second-order valence-corrected chi connectivity index (χ2v) is 6.25. The van der Waals surface area contributed by atoms with Crippen molar-refractivity contribution in [2.75, 3.05) is 6.61 Å². The van der Waals surface area contributed by atoms with Crippen molar-refractivity contribution in [2.45, 2.75) is 6.92 Å². The molecule has 0 atom stereocenters. The van der Waals surface area contributed by atoms with Gasteiger partial charge in [0.2, 0.25) is 5.90 Å². The summed E-state index contributed by atoms with van der Waals surface area (Å²) in [5.74, 6) is 0.555. The van der Waals surface area contributed by atoms with Crippen LogP contribution in [0.15, 0.2) is 89.6 Å². The van der Waals surface area contributed by atoms with Crippen LogP contribution in [0.2, 0.25) is 0 Å². The first-order valence-corrected chi connectivity index (χ1v) is 9.15. The molecule has 0 amide bonds. The first-order valence-electron chi connectivity index (χ1n) is 9.15. The summed E-state index contributed by atoms with van der Waals surface area (Å²) in [6.45, 7) is 2.47. The number of hydrogen-bond acceptors (Lipinski definition) is 4. The predicted molar refractivity (Wildman–Crippen MR) is 110 cm³/mol. The Morgan fingerprint density at radius 2 is 1.50 bits per heavy atom. The number of aliphatic imine (C=N–C) groups is 1.